The van der Waals surface area contributed by atoms with Gasteiger partial charge in [-0.1, -0.05) is 18.2 Å². The first kappa shape index (κ1) is 12.8. The average Bonchev–Trinajstić information content (AvgIpc) is 2.86. The molecule has 1 aromatic carbocycles. The molecule has 1 N–H and O–H groups in total. The van der Waals surface area contributed by atoms with Crippen LogP contribution in [0.3, 0.4) is 0 Å². The molecule has 2 rings (SSSR count). The highest BCUT2D eigenvalue weighted by molar-refractivity contribution is 7.99. The van der Waals surface area contributed by atoms with Gasteiger partial charge in [0.2, 0.25) is 0 Å². The molecular weight excluding hydrogens is 254 g/mol. The molecule has 1 unspecified atom stereocenters. The molecule has 1 aliphatic heterocycles. The maximum Gasteiger partial charge on any atom is 0.327 e. The van der Waals surface area contributed by atoms with Crippen molar-refractivity contribution in [2.45, 2.75) is 6.04 Å². The molecule has 96 valence electrons. The maximum absolute atomic E-state index is 11.9. The van der Waals surface area contributed by atoms with E-state index < -0.39 is 12.0 Å². The molecule has 0 aliphatic carbocycles. The van der Waals surface area contributed by atoms with Crippen molar-refractivity contribution in [2.24, 2.45) is 0 Å². The molecule has 5 nitrogen and oxygen atoms in total. The van der Waals surface area contributed by atoms with Crippen molar-refractivity contribution >= 4 is 23.6 Å². The molecule has 1 heterocycles. The van der Waals surface area contributed by atoms with Crippen LogP contribution in [-0.2, 0) is 9.59 Å². The molecule has 0 aromatic heterocycles. The summed E-state index contributed by atoms with van der Waals surface area (Å²) in [6, 6.07) is 8.24. The summed E-state index contributed by atoms with van der Waals surface area (Å²) in [5.41, 5.74) is 0. The molecular formula is C12H13NO4S. The number of carboxylic acids is 1. The standard InChI is InChI=1S/C12H13NO4S/c14-11(6-17-9-4-2-1-3-5-9)13-8-18-7-10(13)12(15)16/h1-5,10H,6-8H2,(H,15,16). The van der Waals surface area contributed by atoms with Gasteiger partial charge in [0.05, 0.1) is 5.88 Å². The van der Waals surface area contributed by atoms with Crippen LogP contribution in [0, 0.1) is 0 Å². The van der Waals surface area contributed by atoms with Gasteiger partial charge in [-0.2, -0.15) is 0 Å². The van der Waals surface area contributed by atoms with Crippen molar-refractivity contribution in [2.75, 3.05) is 18.2 Å². The van der Waals surface area contributed by atoms with Crippen LogP contribution in [0.5, 0.6) is 5.75 Å². The third kappa shape index (κ3) is 2.95. The van der Waals surface area contributed by atoms with Crippen LogP contribution in [0.4, 0.5) is 0 Å². The van der Waals surface area contributed by atoms with Crippen LogP contribution in [0.2, 0.25) is 0 Å². The number of thioether (sulfide) groups is 1. The van der Waals surface area contributed by atoms with Gasteiger partial charge in [-0.15, -0.1) is 11.8 Å². The normalized spacial score (nSPS) is 18.7. The van der Waals surface area contributed by atoms with Gasteiger partial charge in [0, 0.05) is 5.75 Å². The van der Waals surface area contributed by atoms with E-state index in [1.165, 1.54) is 16.7 Å². The molecule has 0 spiro atoms. The second-order valence-electron chi connectivity index (χ2n) is 3.82. The first-order chi connectivity index (χ1) is 8.68. The Labute approximate surface area is 109 Å². The van der Waals surface area contributed by atoms with E-state index in [1.807, 2.05) is 18.2 Å². The highest BCUT2D eigenvalue weighted by Gasteiger charge is 2.34. The number of nitrogens with zero attached hydrogens (tertiary/aromatic N) is 1. The molecule has 1 aromatic rings. The lowest BCUT2D eigenvalue weighted by molar-refractivity contribution is -0.148. The maximum atomic E-state index is 11.9. The number of aliphatic carboxylic acids is 1. The van der Waals surface area contributed by atoms with Crippen molar-refractivity contribution in [1.82, 2.24) is 4.90 Å². The zero-order valence-corrected chi connectivity index (χ0v) is 10.4. The van der Waals surface area contributed by atoms with Crippen molar-refractivity contribution in [3.8, 4) is 5.75 Å². The van der Waals surface area contributed by atoms with Crippen LogP contribution in [0.1, 0.15) is 0 Å². The van der Waals surface area contributed by atoms with Crippen molar-refractivity contribution < 1.29 is 19.4 Å². The summed E-state index contributed by atoms with van der Waals surface area (Å²) in [4.78, 5) is 24.1. The van der Waals surface area contributed by atoms with Crippen LogP contribution < -0.4 is 4.74 Å². The van der Waals surface area contributed by atoms with Gasteiger partial charge in [-0.3, -0.25) is 4.79 Å². The van der Waals surface area contributed by atoms with E-state index >= 15 is 0 Å². The third-order valence-electron chi connectivity index (χ3n) is 2.59. The second-order valence-corrected chi connectivity index (χ2v) is 4.82. The van der Waals surface area contributed by atoms with Crippen LogP contribution >= 0.6 is 11.8 Å². The Kier molecular flexibility index (Phi) is 4.09. The Morgan fingerprint density at radius 1 is 1.39 bits per heavy atom. The minimum absolute atomic E-state index is 0.131. The molecule has 0 bridgehead atoms. The summed E-state index contributed by atoms with van der Waals surface area (Å²) in [6.07, 6.45) is 0. The Bertz CT molecular complexity index is 437. The first-order valence-corrected chi connectivity index (χ1v) is 6.62. The van der Waals surface area contributed by atoms with Crippen molar-refractivity contribution in [3.05, 3.63) is 30.3 Å². The van der Waals surface area contributed by atoms with E-state index in [2.05, 4.69) is 0 Å². The van der Waals surface area contributed by atoms with Crippen LogP contribution in [0.25, 0.3) is 0 Å². The highest BCUT2D eigenvalue weighted by Crippen LogP contribution is 2.21. The summed E-state index contributed by atoms with van der Waals surface area (Å²) in [7, 11) is 0. The highest BCUT2D eigenvalue weighted by atomic mass is 32.2. The number of hydrogen-bond donors (Lipinski definition) is 1. The number of benzene rings is 1. The van der Waals surface area contributed by atoms with E-state index in [-0.39, 0.29) is 12.5 Å². The van der Waals surface area contributed by atoms with E-state index in [1.54, 1.807) is 12.1 Å². The topological polar surface area (TPSA) is 66.8 Å². The second kappa shape index (κ2) is 5.77. The minimum atomic E-state index is -0.965. The monoisotopic (exact) mass is 267 g/mol. The largest absolute Gasteiger partial charge is 0.484 e. The Balaban J connectivity index is 1.90. The molecule has 18 heavy (non-hydrogen) atoms. The van der Waals surface area contributed by atoms with Gasteiger partial charge < -0.3 is 14.7 Å². The first-order valence-electron chi connectivity index (χ1n) is 5.46. The van der Waals surface area contributed by atoms with Gasteiger partial charge in [0.25, 0.3) is 5.91 Å². The van der Waals surface area contributed by atoms with Gasteiger partial charge in [-0.05, 0) is 12.1 Å². The molecule has 1 saturated heterocycles. The van der Waals surface area contributed by atoms with E-state index in [0.717, 1.165) is 0 Å². The molecule has 1 amide bonds. The smallest absolute Gasteiger partial charge is 0.327 e. The van der Waals surface area contributed by atoms with Crippen molar-refractivity contribution in [3.63, 3.8) is 0 Å². The van der Waals surface area contributed by atoms with Gasteiger partial charge >= 0.3 is 5.97 Å². The van der Waals surface area contributed by atoms with Crippen LogP contribution in [0.15, 0.2) is 30.3 Å². The molecule has 1 fully saturated rings. The van der Waals surface area contributed by atoms with Gasteiger partial charge in [-0.25, -0.2) is 4.79 Å². The van der Waals surface area contributed by atoms with E-state index in [4.69, 9.17) is 9.84 Å². The van der Waals surface area contributed by atoms with E-state index in [9.17, 15) is 9.59 Å². The van der Waals surface area contributed by atoms with E-state index in [0.29, 0.717) is 17.4 Å². The number of hydrogen-bond acceptors (Lipinski definition) is 4. The summed E-state index contributed by atoms with van der Waals surface area (Å²) in [5.74, 6) is 0.189. The number of carbonyl (C=O) groups excluding carboxylic acids is 1. The van der Waals surface area contributed by atoms with Crippen molar-refractivity contribution in [1.29, 1.82) is 0 Å². The molecule has 6 heteroatoms. The lowest BCUT2D eigenvalue weighted by atomic mass is 10.3. The number of ether oxygens (including phenoxy) is 1. The summed E-state index contributed by atoms with van der Waals surface area (Å²) in [6.45, 7) is -0.131. The van der Waals surface area contributed by atoms with Crippen LogP contribution in [-0.4, -0.2) is 46.2 Å². The third-order valence-corrected chi connectivity index (χ3v) is 3.61. The number of amides is 1. The predicted molar refractivity (Wildman–Crippen MR) is 67.5 cm³/mol. The lowest BCUT2D eigenvalue weighted by Gasteiger charge is -2.20. The number of rotatable bonds is 4. The van der Waals surface area contributed by atoms with Gasteiger partial charge in [0.15, 0.2) is 6.61 Å². The molecule has 1 atom stereocenters. The fraction of sp³-hybridized carbons (Fsp3) is 0.333. The molecule has 0 saturated carbocycles. The zero-order chi connectivity index (χ0) is 13.0. The summed E-state index contributed by atoms with van der Waals surface area (Å²) in [5, 5.41) is 8.97. The average molecular weight is 267 g/mol. The SMILES string of the molecule is O=C(O)C1CSCN1C(=O)COc1ccccc1. The lowest BCUT2D eigenvalue weighted by Crippen LogP contribution is -2.43. The Hall–Kier alpha value is -1.69. The summed E-state index contributed by atoms with van der Waals surface area (Å²) < 4.78 is 5.31. The fourth-order valence-electron chi connectivity index (χ4n) is 1.64. The number of para-hydroxylation sites is 1. The Morgan fingerprint density at radius 3 is 2.78 bits per heavy atom. The Morgan fingerprint density at radius 2 is 2.11 bits per heavy atom. The minimum Gasteiger partial charge on any atom is -0.484 e. The quantitative estimate of drug-likeness (QED) is 0.883. The molecule has 0 radical (unpaired) electrons. The van der Waals surface area contributed by atoms with Gasteiger partial charge in [0.1, 0.15) is 11.8 Å². The number of carboxylic acid groups (broad SMARTS) is 1. The zero-order valence-electron chi connectivity index (χ0n) is 9.61. The summed E-state index contributed by atoms with van der Waals surface area (Å²) >= 11 is 1.44. The predicted octanol–water partition coefficient (Wildman–Crippen LogP) is 1.05. The fourth-order valence-corrected chi connectivity index (χ4v) is 2.81. The number of carbonyl (C=O) groups is 2. The molecule has 1 aliphatic rings.